The van der Waals surface area contributed by atoms with Gasteiger partial charge in [0.15, 0.2) is 5.65 Å². The standard InChI is InChI=1S/C25H30N6/c1-15(2)22-23(19-7-6-18-12-21(30(4)5)9-8-17(18)11-19)28-29-24(22)20-10-16(3)25-26-14-27-31(25)13-20/h6-7,10-11,13-15,21H,8-9,12H2,1-5H3,(H,28,29). The van der Waals surface area contributed by atoms with Crippen LogP contribution in [0.3, 0.4) is 0 Å². The molecule has 0 aliphatic heterocycles. The van der Waals surface area contributed by atoms with E-state index in [4.69, 9.17) is 5.10 Å². The zero-order valence-corrected chi connectivity index (χ0v) is 19.0. The Morgan fingerprint density at radius 2 is 1.97 bits per heavy atom. The Bertz CT molecular complexity index is 1250. The minimum atomic E-state index is 0.338. The quantitative estimate of drug-likeness (QED) is 0.529. The predicted molar refractivity (Wildman–Crippen MR) is 124 cm³/mol. The molecule has 0 fully saturated rings. The Kier molecular flexibility index (Phi) is 4.89. The number of hydrogen-bond donors (Lipinski definition) is 1. The summed E-state index contributed by atoms with van der Waals surface area (Å²) in [6, 6.07) is 9.72. The molecule has 0 radical (unpaired) electrons. The number of aryl methyl sites for hydroxylation is 2. The molecule has 6 nitrogen and oxygen atoms in total. The SMILES string of the molecule is Cc1cc(-c2[nH]nc(-c3ccc4c(c3)CCC(N(C)C)C4)c2C(C)C)cn2ncnc12. The molecule has 6 heteroatoms. The number of aromatic amines is 1. The molecule has 1 atom stereocenters. The molecule has 1 aliphatic rings. The van der Waals surface area contributed by atoms with E-state index in [9.17, 15) is 0 Å². The normalized spacial score (nSPS) is 16.4. The number of H-pyrrole nitrogens is 1. The molecule has 0 spiro atoms. The van der Waals surface area contributed by atoms with E-state index in [1.54, 1.807) is 6.33 Å². The number of pyridine rings is 1. The van der Waals surface area contributed by atoms with Crippen molar-refractivity contribution >= 4 is 5.65 Å². The monoisotopic (exact) mass is 414 g/mol. The second-order valence-corrected chi connectivity index (χ2v) is 9.30. The van der Waals surface area contributed by atoms with E-state index in [0.29, 0.717) is 12.0 Å². The van der Waals surface area contributed by atoms with Gasteiger partial charge >= 0.3 is 0 Å². The first-order valence-electron chi connectivity index (χ1n) is 11.1. The molecule has 5 rings (SSSR count). The Hall–Kier alpha value is -2.99. The molecule has 31 heavy (non-hydrogen) atoms. The summed E-state index contributed by atoms with van der Waals surface area (Å²) in [5.74, 6) is 0.338. The molecule has 0 saturated heterocycles. The van der Waals surface area contributed by atoms with Gasteiger partial charge in [0, 0.05) is 28.9 Å². The molecule has 0 saturated carbocycles. The van der Waals surface area contributed by atoms with Crippen LogP contribution in [0.1, 0.15) is 48.4 Å². The van der Waals surface area contributed by atoms with E-state index >= 15 is 0 Å². The van der Waals surface area contributed by atoms with Crippen molar-refractivity contribution in [3.05, 3.63) is 59.0 Å². The van der Waals surface area contributed by atoms with Crippen LogP contribution in [-0.2, 0) is 12.8 Å². The average molecular weight is 415 g/mol. The summed E-state index contributed by atoms with van der Waals surface area (Å²) in [5, 5.41) is 12.5. The molecule has 3 aromatic heterocycles. The van der Waals surface area contributed by atoms with Gasteiger partial charge in [-0.1, -0.05) is 26.0 Å². The van der Waals surface area contributed by atoms with Crippen molar-refractivity contribution in [2.45, 2.75) is 52.0 Å². The second-order valence-electron chi connectivity index (χ2n) is 9.30. The number of aromatic nitrogens is 5. The van der Waals surface area contributed by atoms with E-state index in [0.717, 1.165) is 41.0 Å². The van der Waals surface area contributed by atoms with E-state index in [1.807, 2.05) is 10.7 Å². The van der Waals surface area contributed by atoms with Gasteiger partial charge in [0.05, 0.1) is 11.4 Å². The summed E-state index contributed by atoms with van der Waals surface area (Å²) in [6.45, 7) is 6.54. The summed E-state index contributed by atoms with van der Waals surface area (Å²) < 4.78 is 1.84. The first-order valence-corrected chi connectivity index (χ1v) is 11.1. The number of benzene rings is 1. The number of rotatable bonds is 4. The summed E-state index contributed by atoms with van der Waals surface area (Å²) in [4.78, 5) is 6.69. The number of likely N-dealkylation sites (N-methyl/N-ethyl adjacent to an activating group) is 1. The van der Waals surface area contributed by atoms with Gasteiger partial charge in [-0.3, -0.25) is 5.10 Å². The zero-order valence-electron chi connectivity index (χ0n) is 19.0. The van der Waals surface area contributed by atoms with Crippen molar-refractivity contribution in [2.75, 3.05) is 14.1 Å². The van der Waals surface area contributed by atoms with Crippen LogP contribution in [0, 0.1) is 6.92 Å². The highest BCUT2D eigenvalue weighted by Gasteiger charge is 2.23. The van der Waals surface area contributed by atoms with Gasteiger partial charge in [-0.2, -0.15) is 10.2 Å². The van der Waals surface area contributed by atoms with Crippen LogP contribution in [0.5, 0.6) is 0 Å². The van der Waals surface area contributed by atoms with Gasteiger partial charge in [-0.15, -0.1) is 0 Å². The van der Waals surface area contributed by atoms with Gasteiger partial charge in [0.2, 0.25) is 0 Å². The Labute approximate surface area is 183 Å². The average Bonchev–Trinajstić information content (AvgIpc) is 3.40. The molecule has 1 aliphatic carbocycles. The van der Waals surface area contributed by atoms with Crippen LogP contribution >= 0.6 is 0 Å². The number of hydrogen-bond acceptors (Lipinski definition) is 4. The van der Waals surface area contributed by atoms with Gasteiger partial charge in [-0.05, 0) is 75.0 Å². The third kappa shape index (κ3) is 3.45. The van der Waals surface area contributed by atoms with Crippen LogP contribution in [0.15, 0.2) is 36.8 Å². The van der Waals surface area contributed by atoms with Crippen LogP contribution < -0.4 is 0 Å². The maximum absolute atomic E-state index is 4.79. The van der Waals surface area contributed by atoms with Crippen molar-refractivity contribution in [1.82, 2.24) is 29.7 Å². The third-order valence-corrected chi connectivity index (χ3v) is 6.64. The Morgan fingerprint density at radius 3 is 2.74 bits per heavy atom. The summed E-state index contributed by atoms with van der Waals surface area (Å²) in [6.07, 6.45) is 7.10. The van der Waals surface area contributed by atoms with Crippen molar-refractivity contribution in [1.29, 1.82) is 0 Å². The van der Waals surface area contributed by atoms with Crippen molar-refractivity contribution in [3.63, 3.8) is 0 Å². The first-order chi connectivity index (χ1) is 14.9. The van der Waals surface area contributed by atoms with Crippen molar-refractivity contribution < 1.29 is 0 Å². The van der Waals surface area contributed by atoms with Crippen molar-refractivity contribution in [2.24, 2.45) is 0 Å². The fourth-order valence-corrected chi connectivity index (χ4v) is 4.91. The number of nitrogens with one attached hydrogen (secondary N) is 1. The summed E-state index contributed by atoms with van der Waals surface area (Å²) in [7, 11) is 4.37. The lowest BCUT2D eigenvalue weighted by molar-refractivity contribution is 0.268. The lowest BCUT2D eigenvalue weighted by Crippen LogP contribution is -2.33. The number of fused-ring (bicyclic) bond motifs is 2. The van der Waals surface area contributed by atoms with Crippen molar-refractivity contribution in [3.8, 4) is 22.5 Å². The largest absolute Gasteiger partial charge is 0.306 e. The molecule has 1 aromatic carbocycles. The molecule has 4 aromatic rings. The predicted octanol–water partition coefficient (Wildman–Crippen LogP) is 4.64. The second kappa shape index (κ2) is 7.61. The molecule has 0 bridgehead atoms. The molecule has 3 heterocycles. The lowest BCUT2D eigenvalue weighted by Gasteiger charge is -2.30. The van der Waals surface area contributed by atoms with Gasteiger partial charge in [0.1, 0.15) is 6.33 Å². The fraction of sp³-hybridized carbons (Fsp3) is 0.400. The molecule has 1 N–H and O–H groups in total. The minimum Gasteiger partial charge on any atom is -0.306 e. The zero-order chi connectivity index (χ0) is 21.7. The van der Waals surface area contributed by atoms with E-state index in [1.165, 1.54) is 28.7 Å². The maximum atomic E-state index is 4.79. The van der Waals surface area contributed by atoms with E-state index in [2.05, 4.69) is 79.2 Å². The van der Waals surface area contributed by atoms with Crippen LogP contribution in [-0.4, -0.2) is 49.8 Å². The summed E-state index contributed by atoms with van der Waals surface area (Å²) >= 11 is 0. The van der Waals surface area contributed by atoms with Crippen LogP contribution in [0.25, 0.3) is 28.2 Å². The Morgan fingerprint density at radius 1 is 1.13 bits per heavy atom. The minimum absolute atomic E-state index is 0.338. The topological polar surface area (TPSA) is 62.1 Å². The van der Waals surface area contributed by atoms with Crippen LogP contribution in [0.2, 0.25) is 0 Å². The van der Waals surface area contributed by atoms with Crippen LogP contribution in [0.4, 0.5) is 0 Å². The Balaban J connectivity index is 1.57. The van der Waals surface area contributed by atoms with Gasteiger partial charge in [0.25, 0.3) is 0 Å². The van der Waals surface area contributed by atoms with E-state index in [-0.39, 0.29) is 0 Å². The fourth-order valence-electron chi connectivity index (χ4n) is 4.91. The third-order valence-electron chi connectivity index (χ3n) is 6.64. The highest BCUT2D eigenvalue weighted by atomic mass is 15.3. The molecular weight excluding hydrogens is 384 g/mol. The maximum Gasteiger partial charge on any atom is 0.158 e. The summed E-state index contributed by atoms with van der Waals surface area (Å²) in [5.41, 5.74) is 10.6. The number of nitrogens with zero attached hydrogens (tertiary/aromatic N) is 5. The molecular formula is C25H30N6. The lowest BCUT2D eigenvalue weighted by atomic mass is 9.85. The first kappa shape index (κ1) is 19.9. The van der Waals surface area contributed by atoms with Gasteiger partial charge < -0.3 is 4.90 Å². The highest BCUT2D eigenvalue weighted by molar-refractivity contribution is 5.76. The molecule has 1 unspecified atom stereocenters. The molecule has 0 amide bonds. The van der Waals surface area contributed by atoms with Gasteiger partial charge in [-0.25, -0.2) is 9.50 Å². The smallest absolute Gasteiger partial charge is 0.158 e. The van der Waals surface area contributed by atoms with E-state index < -0.39 is 0 Å². The molecule has 160 valence electrons. The highest BCUT2D eigenvalue weighted by Crippen LogP contribution is 2.37.